The lowest BCUT2D eigenvalue weighted by molar-refractivity contribution is 0.0920. The van der Waals surface area contributed by atoms with Gasteiger partial charge < -0.3 is 10.2 Å². The molecule has 116 valence electrons. The van der Waals surface area contributed by atoms with Gasteiger partial charge in [-0.15, -0.1) is 10.2 Å². The molecule has 9 heteroatoms. The number of aromatic nitrogens is 5. The summed E-state index contributed by atoms with van der Waals surface area (Å²) >= 11 is 0. The van der Waals surface area contributed by atoms with Crippen LogP contribution in [0, 0.1) is 0 Å². The van der Waals surface area contributed by atoms with E-state index < -0.39 is 5.69 Å². The van der Waals surface area contributed by atoms with E-state index in [1.807, 2.05) is 12.1 Å². The van der Waals surface area contributed by atoms with Crippen LogP contribution in [-0.4, -0.2) is 50.0 Å². The topological polar surface area (TPSA) is 109 Å². The fraction of sp³-hybridized carbons (Fsp3) is 0.462. The highest BCUT2D eigenvalue weighted by atomic mass is 16.2. The van der Waals surface area contributed by atoms with E-state index in [1.54, 1.807) is 6.20 Å². The van der Waals surface area contributed by atoms with Gasteiger partial charge in [-0.05, 0) is 25.0 Å². The Labute approximate surface area is 126 Å². The number of carbonyl (C=O) groups is 1. The number of rotatable bonds is 3. The molecule has 0 unspecified atom stereocenters. The molecule has 1 amide bonds. The van der Waals surface area contributed by atoms with Gasteiger partial charge in [-0.2, -0.15) is 5.10 Å². The number of piperidine rings is 1. The van der Waals surface area contributed by atoms with Gasteiger partial charge in [0.2, 0.25) is 5.82 Å². The smallest absolute Gasteiger partial charge is 0.343 e. The Kier molecular flexibility index (Phi) is 3.86. The van der Waals surface area contributed by atoms with Crippen molar-refractivity contribution < 1.29 is 4.79 Å². The molecule has 0 atom stereocenters. The van der Waals surface area contributed by atoms with E-state index >= 15 is 0 Å². The number of nitrogens with one attached hydrogen (secondary N) is 2. The van der Waals surface area contributed by atoms with Crippen molar-refractivity contribution >= 4 is 11.7 Å². The van der Waals surface area contributed by atoms with E-state index in [0.717, 1.165) is 36.4 Å². The first-order valence-electron chi connectivity index (χ1n) is 7.10. The fourth-order valence-corrected chi connectivity index (χ4v) is 2.47. The van der Waals surface area contributed by atoms with Crippen molar-refractivity contribution in [1.29, 1.82) is 0 Å². The summed E-state index contributed by atoms with van der Waals surface area (Å²) < 4.78 is 1.10. The molecule has 1 aliphatic rings. The van der Waals surface area contributed by atoms with Crippen LogP contribution in [0.2, 0.25) is 0 Å². The lowest BCUT2D eigenvalue weighted by atomic mass is 10.1. The Balaban J connectivity index is 1.56. The number of carbonyl (C=O) groups excluding carboxylic acids is 1. The van der Waals surface area contributed by atoms with Gasteiger partial charge in [-0.1, -0.05) is 0 Å². The molecule has 2 aromatic rings. The predicted molar refractivity (Wildman–Crippen MR) is 78.6 cm³/mol. The summed E-state index contributed by atoms with van der Waals surface area (Å²) in [6.45, 7) is 1.59. The zero-order valence-electron chi connectivity index (χ0n) is 12.2. The molecule has 0 spiro atoms. The Morgan fingerprint density at radius 3 is 2.77 bits per heavy atom. The highest BCUT2D eigenvalue weighted by Gasteiger charge is 2.23. The van der Waals surface area contributed by atoms with Crippen molar-refractivity contribution in [3.8, 4) is 0 Å². The van der Waals surface area contributed by atoms with Crippen LogP contribution in [0.5, 0.6) is 0 Å². The van der Waals surface area contributed by atoms with Gasteiger partial charge in [0.1, 0.15) is 0 Å². The highest BCUT2D eigenvalue weighted by molar-refractivity contribution is 5.90. The molecule has 3 rings (SSSR count). The summed E-state index contributed by atoms with van der Waals surface area (Å²) in [5, 5.41) is 14.7. The van der Waals surface area contributed by atoms with Crippen molar-refractivity contribution in [2.45, 2.75) is 18.9 Å². The average Bonchev–Trinajstić information content (AvgIpc) is 2.88. The lowest BCUT2D eigenvalue weighted by Crippen LogP contribution is -2.45. The Morgan fingerprint density at radius 2 is 2.18 bits per heavy atom. The molecule has 9 nitrogen and oxygen atoms in total. The fourth-order valence-electron chi connectivity index (χ4n) is 2.47. The number of hydrogen-bond acceptors (Lipinski definition) is 6. The first-order valence-corrected chi connectivity index (χ1v) is 7.10. The summed E-state index contributed by atoms with van der Waals surface area (Å²) in [7, 11) is 1.50. The molecule has 1 fully saturated rings. The summed E-state index contributed by atoms with van der Waals surface area (Å²) in [4.78, 5) is 27.9. The number of hydrogen-bond donors (Lipinski definition) is 2. The maximum atomic E-state index is 12.0. The van der Waals surface area contributed by atoms with Crippen molar-refractivity contribution in [2.75, 3.05) is 18.0 Å². The SMILES string of the molecule is Cn1nc(C(=O)NC2CCN(c3cccnn3)CC2)[nH]c1=O. The summed E-state index contributed by atoms with van der Waals surface area (Å²) in [6, 6.07) is 3.84. The van der Waals surface area contributed by atoms with E-state index in [2.05, 4.69) is 30.5 Å². The first-order chi connectivity index (χ1) is 10.6. The van der Waals surface area contributed by atoms with Crippen LogP contribution < -0.4 is 15.9 Å². The second-order valence-electron chi connectivity index (χ2n) is 5.22. The van der Waals surface area contributed by atoms with Gasteiger partial charge in [0.05, 0.1) is 0 Å². The molecule has 1 aliphatic heterocycles. The van der Waals surface area contributed by atoms with E-state index in [0.29, 0.717) is 0 Å². The number of amides is 1. The largest absolute Gasteiger partial charge is 0.355 e. The number of nitrogens with zero attached hydrogens (tertiary/aromatic N) is 5. The van der Waals surface area contributed by atoms with Crippen LogP contribution in [0.4, 0.5) is 5.82 Å². The van der Waals surface area contributed by atoms with E-state index in [9.17, 15) is 9.59 Å². The van der Waals surface area contributed by atoms with Crippen LogP contribution in [0.15, 0.2) is 23.1 Å². The zero-order chi connectivity index (χ0) is 15.5. The van der Waals surface area contributed by atoms with Crippen LogP contribution in [0.1, 0.15) is 23.5 Å². The third kappa shape index (κ3) is 2.97. The molecule has 0 saturated carbocycles. The molecule has 0 radical (unpaired) electrons. The minimum Gasteiger partial charge on any atom is -0.355 e. The van der Waals surface area contributed by atoms with Gasteiger partial charge in [0.25, 0.3) is 5.91 Å². The molecular formula is C13H17N7O2. The minimum atomic E-state index is -0.400. The highest BCUT2D eigenvalue weighted by Crippen LogP contribution is 2.16. The molecule has 2 aromatic heterocycles. The summed E-state index contributed by atoms with van der Waals surface area (Å²) in [6.07, 6.45) is 3.25. The lowest BCUT2D eigenvalue weighted by Gasteiger charge is -2.32. The van der Waals surface area contributed by atoms with Gasteiger partial charge >= 0.3 is 5.69 Å². The standard InChI is InChI=1S/C13H17N7O2/c1-19-13(22)16-11(18-19)12(21)15-9-4-7-20(8-5-9)10-3-2-6-14-17-10/h2-3,6,9H,4-5,7-8H2,1H3,(H,15,21)(H,16,18,22). The van der Waals surface area contributed by atoms with E-state index in [-0.39, 0.29) is 17.8 Å². The maximum Gasteiger partial charge on any atom is 0.343 e. The molecule has 3 heterocycles. The Bertz CT molecular complexity index is 701. The monoisotopic (exact) mass is 303 g/mol. The maximum absolute atomic E-state index is 12.0. The van der Waals surface area contributed by atoms with Crippen molar-refractivity contribution in [3.05, 3.63) is 34.6 Å². The molecule has 0 aromatic carbocycles. The van der Waals surface area contributed by atoms with Crippen molar-refractivity contribution in [2.24, 2.45) is 7.05 Å². The molecule has 0 bridgehead atoms. The Hall–Kier alpha value is -2.71. The minimum absolute atomic E-state index is 0.0452. The van der Waals surface area contributed by atoms with Crippen LogP contribution in [0.25, 0.3) is 0 Å². The quantitative estimate of drug-likeness (QED) is 0.776. The van der Waals surface area contributed by atoms with Crippen LogP contribution in [0.3, 0.4) is 0 Å². The Morgan fingerprint density at radius 1 is 1.41 bits per heavy atom. The number of anilines is 1. The van der Waals surface area contributed by atoms with Gasteiger partial charge in [0, 0.05) is 32.4 Å². The van der Waals surface area contributed by atoms with Crippen LogP contribution >= 0.6 is 0 Å². The van der Waals surface area contributed by atoms with Gasteiger partial charge in [-0.25, -0.2) is 9.48 Å². The number of aromatic amines is 1. The molecular weight excluding hydrogens is 286 g/mol. The second kappa shape index (κ2) is 5.96. The number of aryl methyl sites for hydroxylation is 1. The molecule has 2 N–H and O–H groups in total. The molecule has 22 heavy (non-hydrogen) atoms. The summed E-state index contributed by atoms with van der Waals surface area (Å²) in [5.74, 6) is 0.542. The summed E-state index contributed by atoms with van der Waals surface area (Å²) in [5.41, 5.74) is -0.400. The third-order valence-corrected chi connectivity index (χ3v) is 3.70. The van der Waals surface area contributed by atoms with Crippen molar-refractivity contribution in [1.82, 2.24) is 30.3 Å². The van der Waals surface area contributed by atoms with Crippen LogP contribution in [-0.2, 0) is 7.05 Å². The molecule has 1 saturated heterocycles. The number of H-pyrrole nitrogens is 1. The van der Waals surface area contributed by atoms with E-state index in [1.165, 1.54) is 7.05 Å². The zero-order valence-corrected chi connectivity index (χ0v) is 12.2. The normalized spacial score (nSPS) is 15.8. The van der Waals surface area contributed by atoms with Gasteiger partial charge in [-0.3, -0.25) is 9.78 Å². The van der Waals surface area contributed by atoms with Crippen molar-refractivity contribution in [3.63, 3.8) is 0 Å². The van der Waals surface area contributed by atoms with Gasteiger partial charge in [0.15, 0.2) is 5.82 Å². The predicted octanol–water partition coefficient (Wildman–Crippen LogP) is -0.703. The second-order valence-corrected chi connectivity index (χ2v) is 5.22. The molecule has 0 aliphatic carbocycles. The first kappa shape index (κ1) is 14.2. The third-order valence-electron chi connectivity index (χ3n) is 3.70. The van der Waals surface area contributed by atoms with E-state index in [4.69, 9.17) is 0 Å². The average molecular weight is 303 g/mol.